The summed E-state index contributed by atoms with van der Waals surface area (Å²) < 4.78 is 0. The van der Waals surface area contributed by atoms with E-state index in [1.807, 2.05) is 13.8 Å². The third-order valence-electron chi connectivity index (χ3n) is 2.19. The number of thiocarbonyl (C=S) groups is 1. The van der Waals surface area contributed by atoms with Crippen LogP contribution in [0.4, 0.5) is 0 Å². The van der Waals surface area contributed by atoms with Crippen LogP contribution in [0.2, 0.25) is 0 Å². The third kappa shape index (κ3) is 3.27. The molecule has 86 valence electrons. The third-order valence-corrected chi connectivity index (χ3v) is 2.48. The van der Waals surface area contributed by atoms with Crippen molar-refractivity contribution >= 4 is 23.1 Å². The summed E-state index contributed by atoms with van der Waals surface area (Å²) in [6.07, 6.45) is 3.90. The van der Waals surface area contributed by atoms with Gasteiger partial charge in [-0.15, -0.1) is 0 Å². The standard InChI is InChI=1S/C11H15N3OS/c1-3-9(10(12)16)14-11(15)8-4-7(2)5-13-6-8/h4-6,9H,3H2,1-2H3,(H2,12,16)(H,14,15). The van der Waals surface area contributed by atoms with E-state index >= 15 is 0 Å². The molecule has 0 aromatic carbocycles. The van der Waals surface area contributed by atoms with Gasteiger partial charge in [0.1, 0.15) is 0 Å². The molecule has 1 unspecified atom stereocenters. The van der Waals surface area contributed by atoms with Crippen LogP contribution in [0.15, 0.2) is 18.5 Å². The lowest BCUT2D eigenvalue weighted by Crippen LogP contribution is -2.43. The molecule has 1 amide bonds. The first-order valence-corrected chi connectivity index (χ1v) is 5.47. The molecule has 1 aromatic rings. The monoisotopic (exact) mass is 237 g/mol. The molecule has 0 saturated heterocycles. The van der Waals surface area contributed by atoms with Gasteiger partial charge in [0.15, 0.2) is 0 Å². The molecule has 0 bridgehead atoms. The molecule has 0 saturated carbocycles. The molecule has 3 N–H and O–H groups in total. The van der Waals surface area contributed by atoms with E-state index in [9.17, 15) is 4.79 Å². The van der Waals surface area contributed by atoms with E-state index in [-0.39, 0.29) is 11.9 Å². The Kier molecular flexibility index (Phi) is 4.37. The quantitative estimate of drug-likeness (QED) is 0.772. The van der Waals surface area contributed by atoms with Crippen LogP contribution in [0.25, 0.3) is 0 Å². The SMILES string of the molecule is CCC(NC(=O)c1cncc(C)c1)C(N)=S. The van der Waals surface area contributed by atoms with Crippen LogP contribution >= 0.6 is 12.2 Å². The van der Waals surface area contributed by atoms with Crippen LogP contribution in [-0.2, 0) is 0 Å². The first-order chi connectivity index (χ1) is 7.54. The van der Waals surface area contributed by atoms with Crippen molar-refractivity contribution in [1.29, 1.82) is 0 Å². The van der Waals surface area contributed by atoms with Crippen LogP contribution in [0, 0.1) is 6.92 Å². The molecular weight excluding hydrogens is 222 g/mol. The Hall–Kier alpha value is -1.49. The lowest BCUT2D eigenvalue weighted by Gasteiger charge is -2.15. The molecule has 16 heavy (non-hydrogen) atoms. The summed E-state index contributed by atoms with van der Waals surface area (Å²) >= 11 is 4.86. The number of carbonyl (C=O) groups excluding carboxylic acids is 1. The topological polar surface area (TPSA) is 68.0 Å². The summed E-state index contributed by atoms with van der Waals surface area (Å²) in [6.45, 7) is 3.80. The number of pyridine rings is 1. The number of hydrogen-bond acceptors (Lipinski definition) is 3. The molecule has 0 radical (unpaired) electrons. The average molecular weight is 237 g/mol. The van der Waals surface area contributed by atoms with Gasteiger partial charge >= 0.3 is 0 Å². The summed E-state index contributed by atoms with van der Waals surface area (Å²) in [5, 5.41) is 2.76. The maximum Gasteiger partial charge on any atom is 0.253 e. The largest absolute Gasteiger partial charge is 0.392 e. The molecule has 0 aliphatic rings. The number of aryl methyl sites for hydroxylation is 1. The zero-order valence-electron chi connectivity index (χ0n) is 9.36. The van der Waals surface area contributed by atoms with E-state index in [4.69, 9.17) is 18.0 Å². The molecule has 1 rings (SSSR count). The van der Waals surface area contributed by atoms with E-state index in [0.717, 1.165) is 5.56 Å². The van der Waals surface area contributed by atoms with E-state index in [1.165, 1.54) is 6.20 Å². The van der Waals surface area contributed by atoms with E-state index in [2.05, 4.69) is 10.3 Å². The highest BCUT2D eigenvalue weighted by molar-refractivity contribution is 7.80. The zero-order valence-corrected chi connectivity index (χ0v) is 10.2. The summed E-state index contributed by atoms with van der Waals surface area (Å²) in [5.74, 6) is -0.198. The molecule has 0 spiro atoms. The predicted molar refractivity (Wildman–Crippen MR) is 67.3 cm³/mol. The molecule has 0 aliphatic carbocycles. The number of nitrogens with zero attached hydrogens (tertiary/aromatic N) is 1. The summed E-state index contributed by atoms with van der Waals surface area (Å²) in [7, 11) is 0. The van der Waals surface area contributed by atoms with Gasteiger partial charge in [-0.3, -0.25) is 9.78 Å². The number of aromatic nitrogens is 1. The minimum absolute atomic E-state index is 0.198. The number of carbonyl (C=O) groups is 1. The Morgan fingerprint density at radius 3 is 2.81 bits per heavy atom. The molecule has 5 heteroatoms. The maximum absolute atomic E-state index is 11.8. The first kappa shape index (κ1) is 12.6. The van der Waals surface area contributed by atoms with Crippen molar-refractivity contribution in [3.63, 3.8) is 0 Å². The normalized spacial score (nSPS) is 11.9. The molecule has 1 aromatic heterocycles. The van der Waals surface area contributed by atoms with Crippen molar-refractivity contribution in [2.45, 2.75) is 26.3 Å². The van der Waals surface area contributed by atoms with Crippen molar-refractivity contribution < 1.29 is 4.79 Å². The van der Waals surface area contributed by atoms with Crippen molar-refractivity contribution in [2.75, 3.05) is 0 Å². The Balaban J connectivity index is 2.75. The highest BCUT2D eigenvalue weighted by atomic mass is 32.1. The van der Waals surface area contributed by atoms with Gasteiger partial charge < -0.3 is 11.1 Å². The van der Waals surface area contributed by atoms with Gasteiger partial charge in [-0.25, -0.2) is 0 Å². The Labute approximate surface area is 100 Å². The average Bonchev–Trinajstić information content (AvgIpc) is 2.25. The fourth-order valence-electron chi connectivity index (χ4n) is 1.30. The molecule has 1 atom stereocenters. The predicted octanol–water partition coefficient (Wildman–Crippen LogP) is 1.18. The summed E-state index contributed by atoms with van der Waals surface area (Å²) in [6, 6.07) is 1.51. The zero-order chi connectivity index (χ0) is 12.1. The first-order valence-electron chi connectivity index (χ1n) is 5.06. The highest BCUT2D eigenvalue weighted by Gasteiger charge is 2.14. The molecule has 4 nitrogen and oxygen atoms in total. The lowest BCUT2D eigenvalue weighted by molar-refractivity contribution is 0.0946. The van der Waals surface area contributed by atoms with Crippen LogP contribution < -0.4 is 11.1 Å². The number of rotatable bonds is 4. The lowest BCUT2D eigenvalue weighted by atomic mass is 10.1. The number of amides is 1. The minimum atomic E-state index is -0.261. The van der Waals surface area contributed by atoms with Gasteiger partial charge in [-0.1, -0.05) is 19.1 Å². The Bertz CT molecular complexity index is 406. The van der Waals surface area contributed by atoms with Gasteiger partial charge in [0.05, 0.1) is 16.6 Å². The van der Waals surface area contributed by atoms with Crippen molar-refractivity contribution in [3.8, 4) is 0 Å². The van der Waals surface area contributed by atoms with Gasteiger partial charge in [0.2, 0.25) is 0 Å². The second-order valence-electron chi connectivity index (χ2n) is 3.59. The summed E-state index contributed by atoms with van der Waals surface area (Å²) in [5.41, 5.74) is 6.97. The Morgan fingerprint density at radius 1 is 1.62 bits per heavy atom. The van der Waals surface area contributed by atoms with E-state index < -0.39 is 0 Å². The van der Waals surface area contributed by atoms with Gasteiger partial charge in [-0.05, 0) is 25.0 Å². The second kappa shape index (κ2) is 5.55. The Morgan fingerprint density at radius 2 is 2.31 bits per heavy atom. The van der Waals surface area contributed by atoms with Gasteiger partial charge in [0.25, 0.3) is 5.91 Å². The maximum atomic E-state index is 11.8. The van der Waals surface area contributed by atoms with E-state index in [1.54, 1.807) is 12.3 Å². The number of nitrogens with one attached hydrogen (secondary N) is 1. The molecular formula is C11H15N3OS. The minimum Gasteiger partial charge on any atom is -0.392 e. The molecule has 0 aliphatic heterocycles. The number of hydrogen-bond donors (Lipinski definition) is 2. The molecule has 0 fully saturated rings. The van der Waals surface area contributed by atoms with Crippen molar-refractivity contribution in [1.82, 2.24) is 10.3 Å². The van der Waals surface area contributed by atoms with Gasteiger partial charge in [0, 0.05) is 12.4 Å². The van der Waals surface area contributed by atoms with Crippen LogP contribution in [0.3, 0.4) is 0 Å². The molecule has 1 heterocycles. The van der Waals surface area contributed by atoms with Crippen LogP contribution in [0.1, 0.15) is 29.3 Å². The van der Waals surface area contributed by atoms with Crippen LogP contribution in [-0.4, -0.2) is 21.9 Å². The van der Waals surface area contributed by atoms with Crippen LogP contribution in [0.5, 0.6) is 0 Å². The highest BCUT2D eigenvalue weighted by Crippen LogP contribution is 2.02. The van der Waals surface area contributed by atoms with Crippen molar-refractivity contribution in [2.24, 2.45) is 5.73 Å². The summed E-state index contributed by atoms with van der Waals surface area (Å²) in [4.78, 5) is 16.1. The van der Waals surface area contributed by atoms with E-state index in [0.29, 0.717) is 17.0 Å². The number of nitrogens with two attached hydrogens (primary N) is 1. The van der Waals surface area contributed by atoms with Gasteiger partial charge in [-0.2, -0.15) is 0 Å². The fourth-order valence-corrected chi connectivity index (χ4v) is 1.52. The fraction of sp³-hybridized carbons (Fsp3) is 0.364. The smallest absolute Gasteiger partial charge is 0.253 e. The van der Waals surface area contributed by atoms with Crippen molar-refractivity contribution in [3.05, 3.63) is 29.6 Å². The second-order valence-corrected chi connectivity index (χ2v) is 4.06.